The quantitative estimate of drug-likeness (QED) is 0.885. The zero-order valence-electron chi connectivity index (χ0n) is 9.47. The molecule has 17 heavy (non-hydrogen) atoms. The fourth-order valence-electron chi connectivity index (χ4n) is 1.95. The number of nitrogens with two attached hydrogens (primary N) is 1. The molecule has 3 heterocycles. The van der Waals surface area contributed by atoms with Crippen LogP contribution < -0.4 is 5.73 Å². The summed E-state index contributed by atoms with van der Waals surface area (Å²) in [6.45, 7) is 3.45. The van der Waals surface area contributed by atoms with Crippen LogP contribution in [0.4, 0.5) is 5.00 Å². The summed E-state index contributed by atoms with van der Waals surface area (Å²) in [6, 6.07) is 1.92. The number of aryl methyl sites for hydroxylation is 1. The molecular weight excluding hydrogens is 238 g/mol. The van der Waals surface area contributed by atoms with Gasteiger partial charge in [0.15, 0.2) is 5.82 Å². The highest BCUT2D eigenvalue weighted by molar-refractivity contribution is 7.19. The van der Waals surface area contributed by atoms with Crippen molar-refractivity contribution in [3.63, 3.8) is 0 Å². The van der Waals surface area contributed by atoms with Crippen LogP contribution in [0.2, 0.25) is 0 Å². The van der Waals surface area contributed by atoms with Gasteiger partial charge in [-0.15, -0.1) is 11.3 Å². The van der Waals surface area contributed by atoms with Crippen molar-refractivity contribution in [2.75, 3.05) is 18.9 Å². The summed E-state index contributed by atoms with van der Waals surface area (Å²) in [5.74, 6) is 1.57. The van der Waals surface area contributed by atoms with Crippen LogP contribution in [0.3, 0.4) is 0 Å². The third-order valence-electron chi connectivity index (χ3n) is 2.87. The van der Waals surface area contributed by atoms with Gasteiger partial charge in [-0.05, 0) is 25.0 Å². The second-order valence-corrected chi connectivity index (χ2v) is 5.26. The maximum absolute atomic E-state index is 5.75. The van der Waals surface area contributed by atoms with Crippen molar-refractivity contribution in [2.24, 2.45) is 0 Å². The van der Waals surface area contributed by atoms with Gasteiger partial charge >= 0.3 is 0 Å². The Hall–Kier alpha value is -1.40. The lowest BCUT2D eigenvalue weighted by Gasteiger charge is -1.97. The van der Waals surface area contributed by atoms with Crippen LogP contribution in [0.15, 0.2) is 10.6 Å². The molecule has 1 saturated heterocycles. The first-order chi connectivity index (χ1) is 8.24. The largest absolute Gasteiger partial charge is 0.391 e. The molecule has 2 aromatic rings. The predicted octanol–water partition coefficient (Wildman–Crippen LogP) is 2.19. The van der Waals surface area contributed by atoms with Crippen molar-refractivity contribution in [1.29, 1.82) is 0 Å². The molecule has 2 N–H and O–H groups in total. The summed E-state index contributed by atoms with van der Waals surface area (Å²) >= 11 is 1.47. The van der Waals surface area contributed by atoms with E-state index in [-0.39, 0.29) is 5.92 Å². The molecule has 0 spiro atoms. The highest BCUT2D eigenvalue weighted by Gasteiger charge is 2.24. The molecule has 1 aliphatic heterocycles. The first-order valence-corrected chi connectivity index (χ1v) is 6.33. The topological polar surface area (TPSA) is 74.2 Å². The summed E-state index contributed by atoms with van der Waals surface area (Å²) in [4.78, 5) is 5.39. The van der Waals surface area contributed by atoms with E-state index in [4.69, 9.17) is 15.0 Å². The van der Waals surface area contributed by atoms with Gasteiger partial charge in [-0.1, -0.05) is 5.16 Å². The standard InChI is InChI=1S/C11H13N3O2S/c1-6-4-8(12)17-9(6)11-13-10(14-16-11)7-2-3-15-5-7/h4,7H,2-3,5,12H2,1H3. The normalized spacial score (nSPS) is 19.9. The van der Waals surface area contributed by atoms with Crippen molar-refractivity contribution in [3.8, 4) is 10.8 Å². The molecule has 0 aliphatic carbocycles. The van der Waals surface area contributed by atoms with E-state index < -0.39 is 0 Å². The van der Waals surface area contributed by atoms with Crippen LogP contribution in [-0.4, -0.2) is 23.4 Å². The third kappa shape index (κ3) is 1.94. The lowest BCUT2D eigenvalue weighted by molar-refractivity contribution is 0.192. The summed E-state index contributed by atoms with van der Waals surface area (Å²) in [7, 11) is 0. The molecular formula is C11H13N3O2S. The molecule has 5 nitrogen and oxygen atoms in total. The second-order valence-electron chi connectivity index (χ2n) is 4.18. The van der Waals surface area contributed by atoms with Crippen LogP contribution in [0.1, 0.15) is 23.7 Å². The molecule has 90 valence electrons. The molecule has 0 amide bonds. The maximum atomic E-state index is 5.75. The van der Waals surface area contributed by atoms with E-state index in [1.165, 1.54) is 11.3 Å². The Morgan fingerprint density at radius 3 is 3.06 bits per heavy atom. The zero-order chi connectivity index (χ0) is 11.8. The van der Waals surface area contributed by atoms with E-state index in [9.17, 15) is 0 Å². The lowest BCUT2D eigenvalue weighted by atomic mass is 10.1. The number of aromatic nitrogens is 2. The average Bonchev–Trinajstić information content (AvgIpc) is 2.97. The minimum Gasteiger partial charge on any atom is -0.391 e. The molecule has 6 heteroatoms. The Morgan fingerprint density at radius 1 is 1.53 bits per heavy atom. The first kappa shape index (κ1) is 10.7. The molecule has 1 fully saturated rings. The van der Waals surface area contributed by atoms with Gasteiger partial charge in [0.25, 0.3) is 5.89 Å². The number of anilines is 1. The number of ether oxygens (including phenoxy) is 1. The summed E-state index contributed by atoms with van der Waals surface area (Å²) in [6.07, 6.45) is 0.963. The van der Waals surface area contributed by atoms with Crippen LogP contribution in [0.25, 0.3) is 10.8 Å². The Morgan fingerprint density at radius 2 is 2.41 bits per heavy atom. The van der Waals surface area contributed by atoms with Gasteiger partial charge in [-0.25, -0.2) is 0 Å². The van der Waals surface area contributed by atoms with Gasteiger partial charge in [-0.3, -0.25) is 0 Å². The van der Waals surface area contributed by atoms with Crippen molar-refractivity contribution >= 4 is 16.3 Å². The number of rotatable bonds is 2. The van der Waals surface area contributed by atoms with E-state index >= 15 is 0 Å². The molecule has 0 saturated carbocycles. The van der Waals surface area contributed by atoms with E-state index in [2.05, 4.69) is 10.1 Å². The van der Waals surface area contributed by atoms with Crippen LogP contribution in [0, 0.1) is 6.92 Å². The molecule has 3 rings (SSSR count). The molecule has 0 aromatic carbocycles. The molecule has 2 aromatic heterocycles. The molecule has 0 radical (unpaired) electrons. The number of thiophene rings is 1. The van der Waals surface area contributed by atoms with Gasteiger partial charge in [0.2, 0.25) is 0 Å². The summed E-state index contributed by atoms with van der Waals surface area (Å²) < 4.78 is 10.6. The van der Waals surface area contributed by atoms with Crippen molar-refractivity contribution in [3.05, 3.63) is 17.5 Å². The van der Waals surface area contributed by atoms with Crippen molar-refractivity contribution in [1.82, 2.24) is 10.1 Å². The molecule has 1 atom stereocenters. The highest BCUT2D eigenvalue weighted by atomic mass is 32.1. The molecule has 0 bridgehead atoms. The first-order valence-electron chi connectivity index (χ1n) is 5.51. The zero-order valence-corrected chi connectivity index (χ0v) is 10.3. The Balaban J connectivity index is 1.91. The predicted molar refractivity (Wildman–Crippen MR) is 64.9 cm³/mol. The fourth-order valence-corrected chi connectivity index (χ4v) is 2.81. The minimum atomic E-state index is 0.269. The monoisotopic (exact) mass is 251 g/mol. The summed E-state index contributed by atoms with van der Waals surface area (Å²) in [5.41, 5.74) is 6.83. The summed E-state index contributed by atoms with van der Waals surface area (Å²) in [5, 5.41) is 4.79. The number of nitrogen functional groups attached to an aromatic ring is 1. The Labute approximate surface area is 103 Å². The minimum absolute atomic E-state index is 0.269. The van der Waals surface area contributed by atoms with Crippen molar-refractivity contribution in [2.45, 2.75) is 19.3 Å². The highest BCUT2D eigenvalue weighted by Crippen LogP contribution is 2.34. The Bertz CT molecular complexity index is 529. The Kier molecular flexibility index (Phi) is 2.60. The van der Waals surface area contributed by atoms with Gasteiger partial charge in [-0.2, -0.15) is 4.98 Å². The number of nitrogens with zero attached hydrogens (tertiary/aromatic N) is 2. The van der Waals surface area contributed by atoms with E-state index in [0.717, 1.165) is 34.3 Å². The molecule has 1 unspecified atom stereocenters. The van der Waals surface area contributed by atoms with E-state index in [0.29, 0.717) is 12.5 Å². The van der Waals surface area contributed by atoms with Crippen LogP contribution in [-0.2, 0) is 4.74 Å². The smallest absolute Gasteiger partial charge is 0.268 e. The van der Waals surface area contributed by atoms with E-state index in [1.807, 2.05) is 13.0 Å². The lowest BCUT2D eigenvalue weighted by Crippen LogP contribution is -1.99. The molecule has 1 aliphatic rings. The average molecular weight is 251 g/mol. The SMILES string of the molecule is Cc1cc(N)sc1-c1nc(C2CCOC2)no1. The van der Waals surface area contributed by atoms with E-state index in [1.54, 1.807) is 0 Å². The van der Waals surface area contributed by atoms with Gasteiger partial charge in [0.05, 0.1) is 16.5 Å². The number of hydrogen-bond donors (Lipinski definition) is 1. The van der Waals surface area contributed by atoms with Gasteiger partial charge < -0.3 is 15.0 Å². The van der Waals surface area contributed by atoms with Crippen molar-refractivity contribution < 1.29 is 9.26 Å². The van der Waals surface area contributed by atoms with Crippen LogP contribution in [0.5, 0.6) is 0 Å². The maximum Gasteiger partial charge on any atom is 0.268 e. The third-order valence-corrected chi connectivity index (χ3v) is 3.92. The van der Waals surface area contributed by atoms with Crippen LogP contribution >= 0.6 is 11.3 Å². The second kappa shape index (κ2) is 4.12. The fraction of sp³-hybridized carbons (Fsp3) is 0.455. The van der Waals surface area contributed by atoms with Gasteiger partial charge in [0, 0.05) is 12.5 Å². The van der Waals surface area contributed by atoms with Gasteiger partial charge in [0.1, 0.15) is 0 Å². The number of hydrogen-bond acceptors (Lipinski definition) is 6.